The molecule has 1 atom stereocenters. The van der Waals surface area contributed by atoms with Crippen molar-refractivity contribution in [2.45, 2.75) is 38.5 Å². The second kappa shape index (κ2) is 6.09. The maximum Gasteiger partial charge on any atom is 0.259 e. The molecule has 2 aromatic heterocycles. The van der Waals surface area contributed by atoms with Gasteiger partial charge in [-0.15, -0.1) is 0 Å². The van der Waals surface area contributed by atoms with E-state index >= 15 is 0 Å². The average Bonchev–Trinajstić information content (AvgIpc) is 3.22. The van der Waals surface area contributed by atoms with Crippen LogP contribution in [0.25, 0.3) is 11.5 Å². The van der Waals surface area contributed by atoms with Crippen molar-refractivity contribution in [3.05, 3.63) is 22.6 Å². The summed E-state index contributed by atoms with van der Waals surface area (Å²) >= 11 is 3.40. The van der Waals surface area contributed by atoms with Gasteiger partial charge in [0.15, 0.2) is 5.82 Å². The van der Waals surface area contributed by atoms with Crippen LogP contribution in [-0.2, 0) is 4.79 Å². The summed E-state index contributed by atoms with van der Waals surface area (Å²) in [5.74, 6) is 1.62. The molecule has 2 fully saturated rings. The van der Waals surface area contributed by atoms with E-state index < -0.39 is 0 Å². The minimum absolute atomic E-state index is 0.0330. The van der Waals surface area contributed by atoms with E-state index in [1.807, 2.05) is 6.92 Å². The average molecular weight is 406 g/mol. The highest BCUT2D eigenvalue weighted by Crippen LogP contribution is 2.63. The monoisotopic (exact) mass is 405 g/mol. The quantitative estimate of drug-likeness (QED) is 0.791. The van der Waals surface area contributed by atoms with E-state index in [4.69, 9.17) is 10.3 Å². The number of hydrogen-bond acceptors (Lipinski definition) is 6. The van der Waals surface area contributed by atoms with Crippen LogP contribution in [0, 0.1) is 11.3 Å². The van der Waals surface area contributed by atoms with Crippen LogP contribution in [0.5, 0.6) is 0 Å². The first-order valence-corrected chi connectivity index (χ1v) is 9.28. The van der Waals surface area contributed by atoms with Gasteiger partial charge in [-0.1, -0.05) is 12.1 Å². The number of carbonyl (C=O) groups is 1. The molecule has 132 valence electrons. The normalized spacial score (nSPS) is 19.4. The van der Waals surface area contributed by atoms with E-state index in [1.54, 1.807) is 12.3 Å². The smallest absolute Gasteiger partial charge is 0.259 e. The number of nitrogens with two attached hydrogens (primary N) is 1. The van der Waals surface area contributed by atoms with E-state index in [-0.39, 0.29) is 17.7 Å². The van der Waals surface area contributed by atoms with Crippen LogP contribution in [0.4, 0.5) is 5.82 Å². The Kier molecular flexibility index (Phi) is 4.02. The second-order valence-corrected chi connectivity index (χ2v) is 8.15. The van der Waals surface area contributed by atoms with Crippen LogP contribution >= 0.6 is 15.9 Å². The van der Waals surface area contributed by atoms with Gasteiger partial charge in [0.2, 0.25) is 5.91 Å². The molecule has 0 radical (unpaired) electrons. The Labute approximate surface area is 153 Å². The van der Waals surface area contributed by atoms with Gasteiger partial charge in [-0.05, 0) is 53.1 Å². The molecule has 2 aromatic rings. The van der Waals surface area contributed by atoms with E-state index in [1.165, 1.54) is 12.8 Å². The summed E-state index contributed by atoms with van der Waals surface area (Å²) in [5.41, 5.74) is 6.95. The Hall–Kier alpha value is -1.96. The summed E-state index contributed by atoms with van der Waals surface area (Å²) in [7, 11) is 0. The van der Waals surface area contributed by atoms with Gasteiger partial charge >= 0.3 is 0 Å². The van der Waals surface area contributed by atoms with Crippen LogP contribution in [-0.4, -0.2) is 27.6 Å². The third-order valence-electron chi connectivity index (χ3n) is 5.26. The number of pyridine rings is 1. The van der Waals surface area contributed by atoms with Gasteiger partial charge in [-0.3, -0.25) is 4.79 Å². The standard InChI is InChI=1S/C17H20BrN5O2/c1-9(7-21-15(24)10-5-17(6-10)2-3-17)14-22-16(25-23-14)11-4-13(19)20-8-12(11)18/h4,8-10H,2-3,5-7H2,1H3,(H2,19,20)(H,21,24). The number of anilines is 1. The van der Waals surface area contributed by atoms with Crippen molar-refractivity contribution >= 4 is 27.7 Å². The molecular weight excluding hydrogens is 386 g/mol. The van der Waals surface area contributed by atoms with Crippen LogP contribution in [0.3, 0.4) is 0 Å². The van der Waals surface area contributed by atoms with Gasteiger partial charge in [0.1, 0.15) is 5.82 Å². The Morgan fingerprint density at radius 3 is 3.00 bits per heavy atom. The predicted octanol–water partition coefficient (Wildman–Crippen LogP) is 2.89. The van der Waals surface area contributed by atoms with Crippen molar-refractivity contribution in [3.63, 3.8) is 0 Å². The van der Waals surface area contributed by atoms with Crippen LogP contribution in [0.1, 0.15) is 44.3 Å². The summed E-state index contributed by atoms with van der Waals surface area (Å²) in [6.45, 7) is 2.47. The molecule has 0 bridgehead atoms. The van der Waals surface area contributed by atoms with Crippen LogP contribution < -0.4 is 11.1 Å². The third-order valence-corrected chi connectivity index (χ3v) is 5.89. The Bertz CT molecular complexity index is 809. The zero-order valence-corrected chi connectivity index (χ0v) is 15.5. The molecule has 4 rings (SSSR count). The number of carbonyl (C=O) groups excluding carboxylic acids is 1. The fourth-order valence-corrected chi connectivity index (χ4v) is 3.79. The first-order valence-electron chi connectivity index (χ1n) is 8.48. The maximum absolute atomic E-state index is 12.2. The number of nitrogen functional groups attached to an aromatic ring is 1. The van der Waals surface area contributed by atoms with Crippen LogP contribution in [0.2, 0.25) is 0 Å². The molecule has 1 spiro atoms. The molecule has 2 aliphatic rings. The zero-order chi connectivity index (χ0) is 17.6. The molecule has 0 aromatic carbocycles. The Morgan fingerprint density at radius 2 is 2.28 bits per heavy atom. The van der Waals surface area contributed by atoms with Gasteiger partial charge in [0, 0.05) is 29.1 Å². The van der Waals surface area contributed by atoms with Crippen LogP contribution in [0.15, 0.2) is 21.3 Å². The molecule has 0 saturated heterocycles. The van der Waals surface area contributed by atoms with E-state index in [9.17, 15) is 4.79 Å². The largest absolute Gasteiger partial charge is 0.384 e. The highest BCUT2D eigenvalue weighted by atomic mass is 79.9. The minimum atomic E-state index is -0.0330. The number of amides is 1. The second-order valence-electron chi connectivity index (χ2n) is 7.30. The lowest BCUT2D eigenvalue weighted by molar-refractivity contribution is -0.129. The van der Waals surface area contributed by atoms with E-state index in [2.05, 4.69) is 36.4 Å². The summed E-state index contributed by atoms with van der Waals surface area (Å²) in [6, 6.07) is 1.68. The number of rotatable bonds is 5. The molecule has 2 heterocycles. The number of halogens is 1. The van der Waals surface area contributed by atoms with Crippen molar-refractivity contribution in [2.24, 2.45) is 11.3 Å². The fraction of sp³-hybridized carbons (Fsp3) is 0.529. The number of nitrogens with zero attached hydrogens (tertiary/aromatic N) is 3. The van der Waals surface area contributed by atoms with Gasteiger partial charge in [-0.25, -0.2) is 4.98 Å². The molecule has 25 heavy (non-hydrogen) atoms. The van der Waals surface area contributed by atoms with E-state index in [0.717, 1.165) is 17.3 Å². The van der Waals surface area contributed by atoms with Crippen molar-refractivity contribution in [2.75, 3.05) is 12.3 Å². The highest BCUT2D eigenvalue weighted by molar-refractivity contribution is 9.10. The van der Waals surface area contributed by atoms with Crippen molar-refractivity contribution in [1.82, 2.24) is 20.4 Å². The summed E-state index contributed by atoms with van der Waals surface area (Å²) in [4.78, 5) is 20.6. The third kappa shape index (κ3) is 3.27. The van der Waals surface area contributed by atoms with Gasteiger partial charge < -0.3 is 15.6 Å². The molecule has 7 nitrogen and oxygen atoms in total. The molecule has 8 heteroatoms. The molecule has 0 aliphatic heterocycles. The number of hydrogen-bond donors (Lipinski definition) is 2. The zero-order valence-electron chi connectivity index (χ0n) is 14.0. The first kappa shape index (κ1) is 16.5. The van der Waals surface area contributed by atoms with Gasteiger partial charge in [0.05, 0.1) is 5.56 Å². The molecule has 1 unspecified atom stereocenters. The summed E-state index contributed by atoms with van der Waals surface area (Å²) in [6.07, 6.45) is 6.30. The Balaban J connectivity index is 1.36. The van der Waals surface area contributed by atoms with Crippen molar-refractivity contribution in [3.8, 4) is 11.5 Å². The molecule has 3 N–H and O–H groups in total. The molecule has 2 aliphatic carbocycles. The molecular formula is C17H20BrN5O2. The van der Waals surface area contributed by atoms with Gasteiger partial charge in [0.25, 0.3) is 5.89 Å². The van der Waals surface area contributed by atoms with E-state index in [0.29, 0.717) is 35.1 Å². The SMILES string of the molecule is CC(CNC(=O)C1CC2(CC2)C1)c1noc(-c2cc(N)ncc2Br)n1. The Morgan fingerprint density at radius 1 is 1.52 bits per heavy atom. The minimum Gasteiger partial charge on any atom is -0.384 e. The lowest BCUT2D eigenvalue weighted by atomic mass is 9.71. The summed E-state index contributed by atoms with van der Waals surface area (Å²) in [5, 5.41) is 7.05. The number of aromatic nitrogens is 3. The lowest BCUT2D eigenvalue weighted by Gasteiger charge is -2.34. The maximum atomic E-state index is 12.2. The van der Waals surface area contributed by atoms with Crippen molar-refractivity contribution < 1.29 is 9.32 Å². The topological polar surface area (TPSA) is 107 Å². The predicted molar refractivity (Wildman–Crippen MR) is 95.5 cm³/mol. The first-order chi connectivity index (χ1) is 12.0. The molecule has 1 amide bonds. The lowest BCUT2D eigenvalue weighted by Crippen LogP contribution is -2.40. The van der Waals surface area contributed by atoms with Gasteiger partial charge in [-0.2, -0.15) is 4.98 Å². The van der Waals surface area contributed by atoms with Crippen molar-refractivity contribution in [1.29, 1.82) is 0 Å². The fourth-order valence-electron chi connectivity index (χ4n) is 3.41. The number of nitrogens with one attached hydrogen (secondary N) is 1. The molecule has 2 saturated carbocycles. The highest BCUT2D eigenvalue weighted by Gasteiger charge is 2.54. The summed E-state index contributed by atoms with van der Waals surface area (Å²) < 4.78 is 6.08.